The fourth-order valence-corrected chi connectivity index (χ4v) is 3.95. The highest BCUT2D eigenvalue weighted by Gasteiger charge is 2.15. The summed E-state index contributed by atoms with van der Waals surface area (Å²) in [6.45, 7) is 2.03. The number of aromatic nitrogens is 4. The topological polar surface area (TPSA) is 56.7 Å². The number of hydrogen-bond donors (Lipinski definition) is 0. The molecule has 0 aliphatic rings. The first-order valence-electron chi connectivity index (χ1n) is 8.77. The van der Waals surface area contributed by atoms with Crippen molar-refractivity contribution in [1.29, 1.82) is 0 Å². The Hall–Kier alpha value is -2.83. The van der Waals surface area contributed by atoms with E-state index < -0.39 is 0 Å². The second kappa shape index (κ2) is 6.96. The molecule has 0 N–H and O–H groups in total. The number of fused-ring (bicyclic) bond motifs is 2. The maximum absolute atomic E-state index is 6.08. The third kappa shape index (κ3) is 3.25. The van der Waals surface area contributed by atoms with E-state index in [9.17, 15) is 0 Å². The molecule has 0 unspecified atom stereocenters. The molecule has 28 heavy (non-hydrogen) atoms. The van der Waals surface area contributed by atoms with Crippen LogP contribution in [0.15, 0.2) is 70.3 Å². The molecule has 0 aliphatic heterocycles. The van der Waals surface area contributed by atoms with Gasteiger partial charge in [-0.3, -0.25) is 0 Å². The first-order valence-corrected chi connectivity index (χ1v) is 10.1. The number of benzene rings is 3. The molecule has 0 saturated carbocycles. The van der Waals surface area contributed by atoms with Crippen LogP contribution >= 0.6 is 23.4 Å². The van der Waals surface area contributed by atoms with Crippen molar-refractivity contribution in [2.45, 2.75) is 17.9 Å². The van der Waals surface area contributed by atoms with Gasteiger partial charge in [-0.05, 0) is 54.4 Å². The molecule has 0 spiro atoms. The summed E-state index contributed by atoms with van der Waals surface area (Å²) in [5.74, 6) is 0.752. The molecule has 2 heterocycles. The summed E-state index contributed by atoms with van der Waals surface area (Å²) in [5.41, 5.74) is 6.19. The summed E-state index contributed by atoms with van der Waals surface area (Å²) in [7, 11) is 0. The lowest BCUT2D eigenvalue weighted by Gasteiger charge is -2.01. The molecule has 7 heteroatoms. The van der Waals surface area contributed by atoms with Gasteiger partial charge in [-0.25, -0.2) is 4.98 Å². The number of nitrogens with zero attached hydrogens (tertiary/aromatic N) is 4. The van der Waals surface area contributed by atoms with E-state index in [1.807, 2.05) is 67.6 Å². The van der Waals surface area contributed by atoms with Crippen LogP contribution in [0.25, 0.3) is 27.8 Å². The molecule has 3 aromatic carbocycles. The van der Waals surface area contributed by atoms with Gasteiger partial charge < -0.3 is 4.42 Å². The van der Waals surface area contributed by atoms with Crippen LogP contribution in [0.2, 0.25) is 5.02 Å². The van der Waals surface area contributed by atoms with Crippen LogP contribution in [0, 0.1) is 6.92 Å². The number of halogens is 1. The third-order valence-corrected chi connectivity index (χ3v) is 5.52. The number of thioether (sulfide) groups is 1. The largest absolute Gasteiger partial charge is 0.429 e. The first-order chi connectivity index (χ1) is 13.7. The van der Waals surface area contributed by atoms with Crippen LogP contribution in [-0.4, -0.2) is 20.0 Å². The van der Waals surface area contributed by atoms with Crippen LogP contribution in [-0.2, 0) is 5.75 Å². The molecule has 2 aromatic heterocycles. The van der Waals surface area contributed by atoms with Gasteiger partial charge in [-0.1, -0.05) is 47.6 Å². The number of aryl methyl sites for hydroxylation is 1. The molecule has 0 aliphatic carbocycles. The molecular formula is C21H15ClN4OS. The van der Waals surface area contributed by atoms with Crippen LogP contribution in [0.1, 0.15) is 11.1 Å². The Labute approximate surface area is 170 Å². The summed E-state index contributed by atoms with van der Waals surface area (Å²) >= 11 is 7.50. The normalized spacial score (nSPS) is 11.5. The lowest BCUT2D eigenvalue weighted by atomic mass is 10.2. The Morgan fingerprint density at radius 1 is 0.964 bits per heavy atom. The molecule has 0 amide bonds. The van der Waals surface area contributed by atoms with Crippen LogP contribution in [0.5, 0.6) is 0 Å². The Morgan fingerprint density at radius 2 is 1.68 bits per heavy atom. The highest BCUT2D eigenvalue weighted by atomic mass is 35.5. The van der Waals surface area contributed by atoms with Gasteiger partial charge in [0, 0.05) is 10.8 Å². The Balaban J connectivity index is 1.52. The predicted octanol–water partition coefficient (Wildman–Crippen LogP) is 5.82. The lowest BCUT2D eigenvalue weighted by molar-refractivity contribution is 0.486. The van der Waals surface area contributed by atoms with E-state index in [0.717, 1.165) is 44.1 Å². The zero-order valence-electron chi connectivity index (χ0n) is 15.0. The SMILES string of the molecule is Cc1cc(-n2nc3ccccc3n2)c2oc(SCc3ccc(Cl)cc3)nc2c1. The van der Waals surface area contributed by atoms with Crippen molar-refractivity contribution in [3.63, 3.8) is 0 Å². The standard InChI is InChI=1S/C21H15ClN4OS/c1-13-10-18-20(19(11-13)26-24-16-4-2-3-5-17(16)25-26)27-21(23-18)28-12-14-6-8-15(22)9-7-14/h2-11H,12H2,1H3. The van der Waals surface area contributed by atoms with Crippen molar-refractivity contribution in [2.24, 2.45) is 0 Å². The zero-order valence-corrected chi connectivity index (χ0v) is 16.5. The number of rotatable bonds is 4. The minimum atomic E-state index is 0.619. The maximum Gasteiger partial charge on any atom is 0.257 e. The summed E-state index contributed by atoms with van der Waals surface area (Å²) in [4.78, 5) is 6.27. The highest BCUT2D eigenvalue weighted by molar-refractivity contribution is 7.98. The van der Waals surface area contributed by atoms with E-state index in [2.05, 4.69) is 15.2 Å². The first kappa shape index (κ1) is 17.3. The maximum atomic E-state index is 6.08. The molecule has 0 radical (unpaired) electrons. The minimum absolute atomic E-state index is 0.619. The van der Waals surface area contributed by atoms with Gasteiger partial charge in [0.2, 0.25) is 0 Å². The molecule has 5 aromatic rings. The molecule has 0 fully saturated rings. The Bertz CT molecular complexity index is 1260. The Kier molecular flexibility index (Phi) is 4.30. The monoisotopic (exact) mass is 406 g/mol. The van der Waals surface area contributed by atoms with Gasteiger partial charge in [0.05, 0.1) is 0 Å². The van der Waals surface area contributed by atoms with E-state index in [4.69, 9.17) is 16.0 Å². The minimum Gasteiger partial charge on any atom is -0.429 e. The molecule has 138 valence electrons. The van der Waals surface area contributed by atoms with E-state index >= 15 is 0 Å². The smallest absolute Gasteiger partial charge is 0.257 e. The molecule has 0 atom stereocenters. The molecular weight excluding hydrogens is 392 g/mol. The quantitative estimate of drug-likeness (QED) is 0.352. The summed E-state index contributed by atoms with van der Waals surface area (Å²) in [6, 6.07) is 19.6. The molecule has 0 bridgehead atoms. The van der Waals surface area contributed by atoms with Gasteiger partial charge in [-0.15, -0.1) is 15.0 Å². The van der Waals surface area contributed by atoms with Crippen LogP contribution in [0.3, 0.4) is 0 Å². The molecule has 5 rings (SSSR count). The van der Waals surface area contributed by atoms with E-state index in [1.54, 1.807) is 16.6 Å². The van der Waals surface area contributed by atoms with Crippen molar-refractivity contribution in [2.75, 3.05) is 0 Å². The van der Waals surface area contributed by atoms with Crippen LogP contribution < -0.4 is 0 Å². The van der Waals surface area contributed by atoms with Gasteiger partial charge in [-0.2, -0.15) is 0 Å². The number of oxazole rings is 1. The van der Waals surface area contributed by atoms with Crippen molar-refractivity contribution in [3.05, 3.63) is 76.8 Å². The van der Waals surface area contributed by atoms with Crippen molar-refractivity contribution >= 4 is 45.5 Å². The van der Waals surface area contributed by atoms with Crippen LogP contribution in [0.4, 0.5) is 0 Å². The second-order valence-corrected chi connectivity index (χ2v) is 7.87. The second-order valence-electron chi connectivity index (χ2n) is 6.51. The van der Waals surface area contributed by atoms with Crippen molar-refractivity contribution in [1.82, 2.24) is 20.0 Å². The summed E-state index contributed by atoms with van der Waals surface area (Å²) in [6.07, 6.45) is 0. The van der Waals surface area contributed by atoms with E-state index in [-0.39, 0.29) is 0 Å². The third-order valence-electron chi connectivity index (χ3n) is 4.37. The lowest BCUT2D eigenvalue weighted by Crippen LogP contribution is -1.99. The summed E-state index contributed by atoms with van der Waals surface area (Å²) < 4.78 is 6.08. The van der Waals surface area contributed by atoms with Gasteiger partial charge in [0.25, 0.3) is 5.22 Å². The van der Waals surface area contributed by atoms with Gasteiger partial charge >= 0.3 is 0 Å². The van der Waals surface area contributed by atoms with Gasteiger partial charge in [0.1, 0.15) is 22.2 Å². The van der Waals surface area contributed by atoms with E-state index in [0.29, 0.717) is 10.8 Å². The van der Waals surface area contributed by atoms with E-state index in [1.165, 1.54) is 0 Å². The predicted molar refractivity (Wildman–Crippen MR) is 112 cm³/mol. The van der Waals surface area contributed by atoms with Gasteiger partial charge in [0.15, 0.2) is 5.58 Å². The highest BCUT2D eigenvalue weighted by Crippen LogP contribution is 2.31. The Morgan fingerprint density at radius 3 is 2.39 bits per heavy atom. The average molecular weight is 407 g/mol. The van der Waals surface area contributed by atoms with Crippen molar-refractivity contribution < 1.29 is 4.42 Å². The zero-order chi connectivity index (χ0) is 19.1. The fourth-order valence-electron chi connectivity index (χ4n) is 3.03. The molecule has 5 nitrogen and oxygen atoms in total. The van der Waals surface area contributed by atoms with Crippen molar-refractivity contribution in [3.8, 4) is 5.69 Å². The average Bonchev–Trinajstić information content (AvgIpc) is 3.30. The molecule has 0 saturated heterocycles. The summed E-state index contributed by atoms with van der Waals surface area (Å²) in [5, 5.41) is 10.5. The number of hydrogen-bond acceptors (Lipinski definition) is 5. The fraction of sp³-hybridized carbons (Fsp3) is 0.0952.